The lowest BCUT2D eigenvalue weighted by atomic mass is 10.3. The van der Waals surface area contributed by atoms with Crippen LogP contribution in [0.15, 0.2) is 18.6 Å². The van der Waals surface area contributed by atoms with Gasteiger partial charge in [0.2, 0.25) is 5.95 Å². The van der Waals surface area contributed by atoms with E-state index in [1.165, 1.54) is 0 Å². The molecule has 0 aromatic carbocycles. The average Bonchev–Trinajstić information content (AvgIpc) is 2.56. The van der Waals surface area contributed by atoms with Crippen LogP contribution >= 0.6 is 0 Å². The Kier molecular flexibility index (Phi) is 14.1. The van der Waals surface area contributed by atoms with Gasteiger partial charge < -0.3 is 5.32 Å². The predicted octanol–water partition coefficient (Wildman–Crippen LogP) is 4.28. The van der Waals surface area contributed by atoms with Crippen LogP contribution in [-0.2, 0) is 0 Å². The van der Waals surface area contributed by atoms with Crippen LogP contribution in [0.5, 0.6) is 0 Å². The van der Waals surface area contributed by atoms with Crippen LogP contribution in [0.1, 0.15) is 50.3 Å². The standard InChI is InChI=1S/C7H10N2.C6H9N3.2C2H6/c1-5-4-8-7(3)9-6(5)2;1-5-3-8-6(7-2)9-4-5;2*1-2/h4H,1-3H3;3-4H,1-2H3,(H,7,8,9);2*1-2H3. The lowest BCUT2D eigenvalue weighted by Gasteiger charge is -1.96. The minimum absolute atomic E-state index is 0.667. The summed E-state index contributed by atoms with van der Waals surface area (Å²) >= 11 is 0. The molecule has 22 heavy (non-hydrogen) atoms. The Bertz CT molecular complexity index is 495. The molecule has 5 heteroatoms. The largest absolute Gasteiger partial charge is 0.357 e. The first kappa shape index (κ1) is 22.2. The van der Waals surface area contributed by atoms with Crippen molar-refractivity contribution in [3.8, 4) is 0 Å². The molecule has 0 amide bonds. The second kappa shape index (κ2) is 13.9. The van der Waals surface area contributed by atoms with Gasteiger partial charge in [0.25, 0.3) is 0 Å². The Labute approximate surface area is 135 Å². The van der Waals surface area contributed by atoms with E-state index in [9.17, 15) is 0 Å². The molecule has 1 N–H and O–H groups in total. The molecular formula is C17H31N5. The molecule has 124 valence electrons. The molecule has 0 saturated carbocycles. The molecule has 0 radical (unpaired) electrons. The van der Waals surface area contributed by atoms with E-state index in [-0.39, 0.29) is 0 Å². The van der Waals surface area contributed by atoms with Gasteiger partial charge in [0.05, 0.1) is 0 Å². The van der Waals surface area contributed by atoms with Crippen molar-refractivity contribution in [2.24, 2.45) is 0 Å². The third kappa shape index (κ3) is 9.80. The number of hydrogen-bond donors (Lipinski definition) is 1. The van der Waals surface area contributed by atoms with E-state index in [0.29, 0.717) is 5.95 Å². The summed E-state index contributed by atoms with van der Waals surface area (Å²) in [6.45, 7) is 15.9. The SMILES string of the molecule is CC.CC.CNc1ncc(C)cn1.Cc1ncc(C)c(C)n1. The lowest BCUT2D eigenvalue weighted by Crippen LogP contribution is -1.94. The van der Waals surface area contributed by atoms with Gasteiger partial charge in [-0.05, 0) is 38.8 Å². The zero-order valence-electron chi connectivity index (χ0n) is 15.5. The minimum atomic E-state index is 0.667. The maximum Gasteiger partial charge on any atom is 0.222 e. The Balaban J connectivity index is 0. The Morgan fingerprint density at radius 1 is 0.773 bits per heavy atom. The fraction of sp³-hybridized carbons (Fsp3) is 0.529. The molecule has 0 spiro atoms. The number of nitrogens with zero attached hydrogens (tertiary/aromatic N) is 4. The first-order chi connectivity index (χ1) is 10.5. The molecule has 0 aliphatic heterocycles. The van der Waals surface area contributed by atoms with E-state index >= 15 is 0 Å². The van der Waals surface area contributed by atoms with E-state index < -0.39 is 0 Å². The van der Waals surface area contributed by atoms with E-state index in [4.69, 9.17) is 0 Å². The van der Waals surface area contributed by atoms with E-state index in [0.717, 1.165) is 22.6 Å². The highest BCUT2D eigenvalue weighted by atomic mass is 15.1. The molecule has 0 bridgehead atoms. The maximum atomic E-state index is 4.16. The van der Waals surface area contributed by atoms with Crippen molar-refractivity contribution < 1.29 is 0 Å². The third-order valence-corrected chi connectivity index (χ3v) is 2.35. The fourth-order valence-corrected chi connectivity index (χ4v) is 1.17. The van der Waals surface area contributed by atoms with Gasteiger partial charge in [-0.2, -0.15) is 0 Å². The van der Waals surface area contributed by atoms with Gasteiger partial charge >= 0.3 is 0 Å². The summed E-state index contributed by atoms with van der Waals surface area (Å²) in [4.78, 5) is 16.1. The normalized spacial score (nSPS) is 8.23. The van der Waals surface area contributed by atoms with Crippen molar-refractivity contribution in [2.45, 2.75) is 55.4 Å². The summed E-state index contributed by atoms with van der Waals surface area (Å²) in [6.07, 6.45) is 5.40. The van der Waals surface area contributed by atoms with Crippen LogP contribution in [-0.4, -0.2) is 27.0 Å². The molecule has 0 fully saturated rings. The molecule has 2 heterocycles. The smallest absolute Gasteiger partial charge is 0.222 e. The summed E-state index contributed by atoms with van der Waals surface area (Å²) in [5, 5.41) is 2.83. The van der Waals surface area contributed by atoms with Crippen molar-refractivity contribution in [3.63, 3.8) is 0 Å². The summed E-state index contributed by atoms with van der Waals surface area (Å²) in [5.74, 6) is 1.51. The van der Waals surface area contributed by atoms with Gasteiger partial charge in [-0.25, -0.2) is 19.9 Å². The Hall–Kier alpha value is -2.04. The molecule has 0 saturated heterocycles. The Morgan fingerprint density at radius 3 is 1.64 bits per heavy atom. The minimum Gasteiger partial charge on any atom is -0.357 e. The van der Waals surface area contributed by atoms with Gasteiger partial charge in [0.15, 0.2) is 0 Å². The summed E-state index contributed by atoms with van der Waals surface area (Å²) in [6, 6.07) is 0. The summed E-state index contributed by atoms with van der Waals surface area (Å²) in [7, 11) is 1.80. The van der Waals surface area contributed by atoms with Gasteiger partial charge in [-0.1, -0.05) is 27.7 Å². The van der Waals surface area contributed by atoms with Crippen molar-refractivity contribution >= 4 is 5.95 Å². The van der Waals surface area contributed by atoms with Crippen molar-refractivity contribution in [2.75, 3.05) is 12.4 Å². The molecule has 5 nitrogen and oxygen atoms in total. The van der Waals surface area contributed by atoms with Crippen molar-refractivity contribution in [1.82, 2.24) is 19.9 Å². The molecule has 2 aromatic heterocycles. The number of hydrogen-bond acceptors (Lipinski definition) is 5. The monoisotopic (exact) mass is 305 g/mol. The second-order valence-electron chi connectivity index (χ2n) is 4.02. The summed E-state index contributed by atoms with van der Waals surface area (Å²) in [5.41, 5.74) is 3.30. The van der Waals surface area contributed by atoms with E-state index in [1.807, 2.05) is 61.6 Å². The van der Waals surface area contributed by atoms with Crippen LogP contribution < -0.4 is 5.32 Å². The number of nitrogens with one attached hydrogen (secondary N) is 1. The zero-order chi connectivity index (χ0) is 17.5. The van der Waals surface area contributed by atoms with E-state index in [1.54, 1.807) is 19.4 Å². The van der Waals surface area contributed by atoms with Crippen LogP contribution in [0.4, 0.5) is 5.95 Å². The van der Waals surface area contributed by atoms with Gasteiger partial charge in [-0.3, -0.25) is 0 Å². The lowest BCUT2D eigenvalue weighted by molar-refractivity contribution is 0.986. The number of aromatic nitrogens is 4. The van der Waals surface area contributed by atoms with Gasteiger partial charge in [0.1, 0.15) is 5.82 Å². The van der Waals surface area contributed by atoms with Gasteiger partial charge in [0, 0.05) is 31.3 Å². The van der Waals surface area contributed by atoms with E-state index in [2.05, 4.69) is 25.3 Å². The van der Waals surface area contributed by atoms with Crippen LogP contribution in [0.25, 0.3) is 0 Å². The fourth-order valence-electron chi connectivity index (χ4n) is 1.17. The first-order valence-electron chi connectivity index (χ1n) is 7.76. The molecule has 0 unspecified atom stereocenters. The number of rotatable bonds is 1. The third-order valence-electron chi connectivity index (χ3n) is 2.35. The number of aryl methyl sites for hydroxylation is 4. The topological polar surface area (TPSA) is 63.6 Å². The Morgan fingerprint density at radius 2 is 1.27 bits per heavy atom. The highest BCUT2D eigenvalue weighted by Crippen LogP contribution is 1.99. The molecular weight excluding hydrogens is 274 g/mol. The van der Waals surface area contributed by atoms with Crippen molar-refractivity contribution in [3.05, 3.63) is 41.2 Å². The van der Waals surface area contributed by atoms with Gasteiger partial charge in [-0.15, -0.1) is 0 Å². The van der Waals surface area contributed by atoms with Crippen LogP contribution in [0.3, 0.4) is 0 Å². The highest BCUT2D eigenvalue weighted by Gasteiger charge is 1.92. The average molecular weight is 305 g/mol. The zero-order valence-corrected chi connectivity index (χ0v) is 15.5. The second-order valence-corrected chi connectivity index (χ2v) is 4.02. The molecule has 0 atom stereocenters. The van der Waals surface area contributed by atoms with Crippen LogP contribution in [0.2, 0.25) is 0 Å². The van der Waals surface area contributed by atoms with Crippen molar-refractivity contribution in [1.29, 1.82) is 0 Å². The van der Waals surface area contributed by atoms with Crippen LogP contribution in [0, 0.1) is 27.7 Å². The predicted molar refractivity (Wildman–Crippen MR) is 95.3 cm³/mol. The number of anilines is 1. The maximum absolute atomic E-state index is 4.16. The molecule has 0 aliphatic carbocycles. The quantitative estimate of drug-likeness (QED) is 0.852. The molecule has 2 aromatic rings. The molecule has 2 rings (SSSR count). The highest BCUT2D eigenvalue weighted by molar-refractivity contribution is 5.22. The summed E-state index contributed by atoms with van der Waals surface area (Å²) < 4.78 is 0. The molecule has 0 aliphatic rings. The first-order valence-corrected chi connectivity index (χ1v) is 7.76.